The summed E-state index contributed by atoms with van der Waals surface area (Å²) in [7, 11) is 0. The Balaban J connectivity index is 2.23. The van der Waals surface area contributed by atoms with Gasteiger partial charge < -0.3 is 9.84 Å². The summed E-state index contributed by atoms with van der Waals surface area (Å²) in [4.78, 5) is 12.1. The molecule has 0 aliphatic heterocycles. The van der Waals surface area contributed by atoms with Crippen molar-refractivity contribution in [1.29, 1.82) is 0 Å². The van der Waals surface area contributed by atoms with E-state index in [1.807, 2.05) is 13.8 Å². The van der Waals surface area contributed by atoms with Crippen molar-refractivity contribution in [2.45, 2.75) is 26.4 Å². The van der Waals surface area contributed by atoms with Gasteiger partial charge in [0.1, 0.15) is 24.0 Å². The second-order valence-electron chi connectivity index (χ2n) is 4.83. The first kappa shape index (κ1) is 15.4. The Labute approximate surface area is 124 Å². The number of hydrogen-bond acceptors (Lipinski definition) is 3. The summed E-state index contributed by atoms with van der Waals surface area (Å²) in [5, 5.41) is 9.15. The minimum absolute atomic E-state index is 0.0450. The fourth-order valence-corrected chi connectivity index (χ4v) is 2.69. The lowest BCUT2D eigenvalue weighted by Gasteiger charge is -2.06. The molecule has 0 radical (unpaired) electrons. The summed E-state index contributed by atoms with van der Waals surface area (Å²) >= 11 is 1.13. The molecule has 1 aromatic carbocycles. The molecule has 0 aliphatic rings. The highest BCUT2D eigenvalue weighted by atomic mass is 32.1. The van der Waals surface area contributed by atoms with E-state index < -0.39 is 17.6 Å². The largest absolute Gasteiger partial charge is 0.487 e. The normalized spacial score (nSPS) is 10.9. The quantitative estimate of drug-likeness (QED) is 0.888. The molecular formula is C15H14F2O3S. The molecule has 112 valence electrons. The second kappa shape index (κ2) is 6.22. The second-order valence-corrected chi connectivity index (χ2v) is 5.91. The van der Waals surface area contributed by atoms with E-state index in [-0.39, 0.29) is 28.7 Å². The summed E-state index contributed by atoms with van der Waals surface area (Å²) < 4.78 is 32.0. The summed E-state index contributed by atoms with van der Waals surface area (Å²) in [5.41, 5.74) is 0.0450. The topological polar surface area (TPSA) is 46.5 Å². The SMILES string of the molecule is CC(C)c1cc(OCc2cc(F)ccc2F)c(C(=O)O)s1. The van der Waals surface area contributed by atoms with Crippen LogP contribution in [0.4, 0.5) is 8.78 Å². The monoisotopic (exact) mass is 312 g/mol. The lowest BCUT2D eigenvalue weighted by atomic mass is 10.2. The van der Waals surface area contributed by atoms with Crippen LogP contribution in [0.25, 0.3) is 0 Å². The Kier molecular flexibility index (Phi) is 4.57. The molecule has 2 rings (SSSR count). The van der Waals surface area contributed by atoms with Crippen LogP contribution in [0.3, 0.4) is 0 Å². The van der Waals surface area contributed by atoms with Crippen molar-refractivity contribution in [3.63, 3.8) is 0 Å². The summed E-state index contributed by atoms with van der Waals surface area (Å²) in [6, 6.07) is 4.70. The Hall–Kier alpha value is -1.95. The van der Waals surface area contributed by atoms with Gasteiger partial charge in [-0.25, -0.2) is 13.6 Å². The number of hydrogen-bond donors (Lipinski definition) is 1. The van der Waals surface area contributed by atoms with E-state index in [0.29, 0.717) is 0 Å². The van der Waals surface area contributed by atoms with Crippen molar-refractivity contribution >= 4 is 17.3 Å². The maximum Gasteiger partial charge on any atom is 0.349 e. The number of carboxylic acid groups (broad SMARTS) is 1. The molecule has 1 aromatic heterocycles. The zero-order valence-electron chi connectivity index (χ0n) is 11.5. The number of benzene rings is 1. The van der Waals surface area contributed by atoms with Crippen LogP contribution < -0.4 is 4.74 Å². The first-order chi connectivity index (χ1) is 9.88. The molecule has 0 unspecified atom stereocenters. The van der Waals surface area contributed by atoms with E-state index >= 15 is 0 Å². The molecule has 0 bridgehead atoms. The number of aromatic carboxylic acids is 1. The Morgan fingerprint density at radius 3 is 2.67 bits per heavy atom. The number of halogens is 2. The van der Waals surface area contributed by atoms with E-state index in [4.69, 9.17) is 9.84 Å². The Morgan fingerprint density at radius 2 is 2.05 bits per heavy atom. The minimum atomic E-state index is -1.10. The predicted octanol–water partition coefficient (Wildman–Crippen LogP) is 4.43. The number of carbonyl (C=O) groups is 1. The third kappa shape index (κ3) is 3.58. The zero-order valence-corrected chi connectivity index (χ0v) is 12.3. The van der Waals surface area contributed by atoms with Gasteiger partial charge in [-0.05, 0) is 30.2 Å². The maximum absolute atomic E-state index is 13.5. The molecule has 3 nitrogen and oxygen atoms in total. The van der Waals surface area contributed by atoms with Crippen LogP contribution >= 0.6 is 11.3 Å². The van der Waals surface area contributed by atoms with Crippen LogP contribution in [0.1, 0.15) is 39.9 Å². The van der Waals surface area contributed by atoms with Gasteiger partial charge in [-0.1, -0.05) is 13.8 Å². The average Bonchev–Trinajstić information content (AvgIpc) is 2.84. The highest BCUT2D eigenvalue weighted by molar-refractivity contribution is 7.14. The third-order valence-corrected chi connectivity index (χ3v) is 4.28. The highest BCUT2D eigenvalue weighted by Gasteiger charge is 2.18. The van der Waals surface area contributed by atoms with Gasteiger partial charge in [-0.2, -0.15) is 0 Å². The van der Waals surface area contributed by atoms with Gasteiger partial charge in [0.25, 0.3) is 0 Å². The smallest absolute Gasteiger partial charge is 0.349 e. The van der Waals surface area contributed by atoms with E-state index in [2.05, 4.69) is 0 Å². The minimum Gasteiger partial charge on any atom is -0.487 e. The van der Waals surface area contributed by atoms with Crippen LogP contribution in [-0.2, 0) is 6.61 Å². The zero-order chi connectivity index (χ0) is 15.6. The van der Waals surface area contributed by atoms with Gasteiger partial charge in [0.05, 0.1) is 0 Å². The number of carboxylic acids is 1. The van der Waals surface area contributed by atoms with E-state index in [0.717, 1.165) is 34.4 Å². The first-order valence-electron chi connectivity index (χ1n) is 6.32. The van der Waals surface area contributed by atoms with Crippen molar-refractivity contribution in [2.75, 3.05) is 0 Å². The molecule has 21 heavy (non-hydrogen) atoms. The highest BCUT2D eigenvalue weighted by Crippen LogP contribution is 2.34. The molecule has 1 N–H and O–H groups in total. The van der Waals surface area contributed by atoms with Crippen molar-refractivity contribution in [2.24, 2.45) is 0 Å². The average molecular weight is 312 g/mol. The Bertz CT molecular complexity index is 665. The number of ether oxygens (including phenoxy) is 1. The molecule has 6 heteroatoms. The summed E-state index contributed by atoms with van der Waals surface area (Å²) in [6.45, 7) is 3.65. The van der Waals surface area contributed by atoms with Crippen LogP contribution in [0.15, 0.2) is 24.3 Å². The summed E-state index contributed by atoms with van der Waals surface area (Å²) in [6.07, 6.45) is 0. The molecule has 2 aromatic rings. The van der Waals surface area contributed by atoms with E-state index in [1.165, 1.54) is 0 Å². The van der Waals surface area contributed by atoms with Crippen molar-refractivity contribution in [3.05, 3.63) is 51.2 Å². The summed E-state index contributed by atoms with van der Waals surface area (Å²) in [5.74, 6) is -1.91. The first-order valence-corrected chi connectivity index (χ1v) is 7.14. The van der Waals surface area contributed by atoms with E-state index in [9.17, 15) is 13.6 Å². The predicted molar refractivity (Wildman–Crippen MR) is 76.1 cm³/mol. The molecule has 0 atom stereocenters. The molecule has 0 spiro atoms. The molecule has 0 fully saturated rings. The van der Waals surface area contributed by atoms with Crippen LogP contribution in [0, 0.1) is 11.6 Å². The number of rotatable bonds is 5. The van der Waals surface area contributed by atoms with Gasteiger partial charge in [-0.15, -0.1) is 11.3 Å². The fraction of sp³-hybridized carbons (Fsp3) is 0.267. The van der Waals surface area contributed by atoms with Gasteiger partial charge in [0.2, 0.25) is 0 Å². The van der Waals surface area contributed by atoms with Gasteiger partial charge in [-0.3, -0.25) is 0 Å². The third-order valence-electron chi connectivity index (χ3n) is 2.87. The van der Waals surface area contributed by atoms with Gasteiger partial charge in [0.15, 0.2) is 4.88 Å². The molecule has 0 saturated heterocycles. The van der Waals surface area contributed by atoms with Crippen LogP contribution in [-0.4, -0.2) is 11.1 Å². The standard InChI is InChI=1S/C15H14F2O3S/c1-8(2)13-6-12(14(21-13)15(18)19)20-7-9-5-10(16)3-4-11(9)17/h3-6,8H,7H2,1-2H3,(H,18,19). The molecule has 0 saturated carbocycles. The van der Waals surface area contributed by atoms with E-state index in [1.54, 1.807) is 6.07 Å². The van der Waals surface area contributed by atoms with Crippen molar-refractivity contribution in [1.82, 2.24) is 0 Å². The molecule has 1 heterocycles. The lowest BCUT2D eigenvalue weighted by Crippen LogP contribution is -2.02. The van der Waals surface area contributed by atoms with Crippen molar-refractivity contribution in [3.8, 4) is 5.75 Å². The van der Waals surface area contributed by atoms with Gasteiger partial charge in [0, 0.05) is 10.4 Å². The lowest BCUT2D eigenvalue weighted by molar-refractivity contribution is 0.0697. The number of thiophene rings is 1. The molecule has 0 aliphatic carbocycles. The maximum atomic E-state index is 13.5. The Morgan fingerprint density at radius 1 is 1.33 bits per heavy atom. The van der Waals surface area contributed by atoms with Crippen molar-refractivity contribution < 1.29 is 23.4 Å². The molecular weight excluding hydrogens is 298 g/mol. The van der Waals surface area contributed by atoms with Crippen LogP contribution in [0.2, 0.25) is 0 Å². The fourth-order valence-electron chi connectivity index (χ4n) is 1.74. The van der Waals surface area contributed by atoms with Gasteiger partial charge >= 0.3 is 5.97 Å². The molecule has 0 amide bonds. The van der Waals surface area contributed by atoms with Crippen LogP contribution in [0.5, 0.6) is 5.75 Å².